The van der Waals surface area contributed by atoms with Gasteiger partial charge in [-0.3, -0.25) is 0 Å². The number of ether oxygens (including phenoxy) is 1. The molecular weight excluding hydrogens is 364 g/mol. The van der Waals surface area contributed by atoms with E-state index in [9.17, 15) is 13.5 Å². The lowest BCUT2D eigenvalue weighted by Crippen LogP contribution is -2.38. The SMILES string of the molecule is CC(CC1COCC1(O)c1ccc(-c2ccc(C#N)cc2)cc1)S(N)(=O)=O. The number of rotatable bonds is 5. The Bertz CT molecular complexity index is 949. The molecule has 6 nitrogen and oxygen atoms in total. The van der Waals surface area contributed by atoms with Crippen molar-refractivity contribution in [2.75, 3.05) is 13.2 Å². The van der Waals surface area contributed by atoms with Crippen molar-refractivity contribution in [2.24, 2.45) is 11.1 Å². The fraction of sp³-hybridized carbons (Fsp3) is 0.350. The van der Waals surface area contributed by atoms with Gasteiger partial charge in [-0.1, -0.05) is 36.4 Å². The normalized spacial score (nSPS) is 23.7. The van der Waals surface area contributed by atoms with Gasteiger partial charge in [-0.05, 0) is 42.2 Å². The third-order valence-electron chi connectivity index (χ3n) is 5.23. The summed E-state index contributed by atoms with van der Waals surface area (Å²) in [6.07, 6.45) is 0.229. The summed E-state index contributed by atoms with van der Waals surface area (Å²) in [5, 5.41) is 24.5. The highest BCUT2D eigenvalue weighted by atomic mass is 32.2. The number of nitrogens with two attached hydrogens (primary N) is 1. The summed E-state index contributed by atoms with van der Waals surface area (Å²) in [6.45, 7) is 1.95. The van der Waals surface area contributed by atoms with Gasteiger partial charge in [-0.25, -0.2) is 13.6 Å². The molecule has 3 rings (SSSR count). The number of nitriles is 1. The van der Waals surface area contributed by atoms with Gasteiger partial charge in [0.15, 0.2) is 0 Å². The minimum Gasteiger partial charge on any atom is -0.382 e. The summed E-state index contributed by atoms with van der Waals surface area (Å²) >= 11 is 0. The summed E-state index contributed by atoms with van der Waals surface area (Å²) in [4.78, 5) is 0. The molecule has 3 unspecified atom stereocenters. The van der Waals surface area contributed by atoms with Crippen molar-refractivity contribution < 1.29 is 18.3 Å². The van der Waals surface area contributed by atoms with Crippen molar-refractivity contribution >= 4 is 10.0 Å². The molecule has 0 radical (unpaired) electrons. The fourth-order valence-electron chi connectivity index (χ4n) is 3.42. The molecule has 2 aromatic carbocycles. The number of sulfonamides is 1. The van der Waals surface area contributed by atoms with Gasteiger partial charge in [0.25, 0.3) is 0 Å². The van der Waals surface area contributed by atoms with E-state index in [2.05, 4.69) is 6.07 Å². The molecule has 0 bridgehead atoms. The van der Waals surface area contributed by atoms with Gasteiger partial charge >= 0.3 is 0 Å². The molecule has 1 saturated heterocycles. The largest absolute Gasteiger partial charge is 0.382 e. The zero-order valence-corrected chi connectivity index (χ0v) is 15.8. The van der Waals surface area contributed by atoms with E-state index >= 15 is 0 Å². The van der Waals surface area contributed by atoms with Crippen LogP contribution in [-0.2, 0) is 20.4 Å². The molecule has 142 valence electrons. The molecule has 1 fully saturated rings. The summed E-state index contributed by atoms with van der Waals surface area (Å²) < 4.78 is 28.6. The molecule has 3 atom stereocenters. The lowest BCUT2D eigenvalue weighted by atomic mass is 9.81. The summed E-state index contributed by atoms with van der Waals surface area (Å²) in [5.74, 6) is -0.355. The predicted octanol–water partition coefficient (Wildman–Crippen LogP) is 2.13. The van der Waals surface area contributed by atoms with Gasteiger partial charge in [-0.15, -0.1) is 0 Å². The molecule has 0 amide bonds. The second kappa shape index (κ2) is 7.41. The number of benzene rings is 2. The molecule has 1 heterocycles. The van der Waals surface area contributed by atoms with Crippen LogP contribution in [0.15, 0.2) is 48.5 Å². The van der Waals surface area contributed by atoms with Crippen molar-refractivity contribution in [3.8, 4) is 17.2 Å². The van der Waals surface area contributed by atoms with E-state index in [0.29, 0.717) is 11.1 Å². The van der Waals surface area contributed by atoms with E-state index in [1.807, 2.05) is 36.4 Å². The number of nitrogens with zero attached hydrogens (tertiary/aromatic N) is 1. The van der Waals surface area contributed by atoms with Crippen LogP contribution in [-0.4, -0.2) is 32.0 Å². The van der Waals surface area contributed by atoms with E-state index in [1.54, 1.807) is 19.1 Å². The van der Waals surface area contributed by atoms with Crippen LogP contribution in [0.5, 0.6) is 0 Å². The molecule has 0 saturated carbocycles. The Morgan fingerprint density at radius 3 is 2.30 bits per heavy atom. The van der Waals surface area contributed by atoms with Gasteiger partial charge in [-0.2, -0.15) is 5.26 Å². The first-order valence-electron chi connectivity index (χ1n) is 8.67. The maximum Gasteiger partial charge on any atom is 0.211 e. The summed E-state index contributed by atoms with van der Waals surface area (Å²) in [6, 6.07) is 16.8. The maximum atomic E-state index is 11.5. The van der Waals surface area contributed by atoms with Gasteiger partial charge in [0.1, 0.15) is 5.60 Å². The van der Waals surface area contributed by atoms with Crippen LogP contribution < -0.4 is 5.14 Å². The molecule has 1 aliphatic heterocycles. The molecule has 0 aromatic heterocycles. The average Bonchev–Trinajstić information content (AvgIpc) is 3.03. The van der Waals surface area contributed by atoms with Crippen molar-refractivity contribution in [1.29, 1.82) is 5.26 Å². The molecule has 2 aromatic rings. The Kier molecular flexibility index (Phi) is 5.36. The van der Waals surface area contributed by atoms with Crippen molar-refractivity contribution in [3.05, 3.63) is 59.7 Å². The minimum atomic E-state index is -3.66. The number of primary sulfonamides is 1. The van der Waals surface area contributed by atoms with Crippen molar-refractivity contribution in [1.82, 2.24) is 0 Å². The molecule has 0 spiro atoms. The van der Waals surface area contributed by atoms with Crippen LogP contribution in [0.3, 0.4) is 0 Å². The van der Waals surface area contributed by atoms with E-state index in [0.717, 1.165) is 11.1 Å². The van der Waals surface area contributed by atoms with Crippen LogP contribution in [0, 0.1) is 17.2 Å². The fourth-order valence-corrected chi connectivity index (χ4v) is 3.92. The third-order valence-corrected chi connectivity index (χ3v) is 6.54. The quantitative estimate of drug-likeness (QED) is 0.817. The molecule has 7 heteroatoms. The average molecular weight is 386 g/mol. The minimum absolute atomic E-state index is 0.116. The highest BCUT2D eigenvalue weighted by molar-refractivity contribution is 7.89. The molecule has 27 heavy (non-hydrogen) atoms. The molecule has 1 aliphatic rings. The van der Waals surface area contributed by atoms with Crippen molar-refractivity contribution in [3.63, 3.8) is 0 Å². The topological polar surface area (TPSA) is 113 Å². The second-order valence-electron chi connectivity index (χ2n) is 7.04. The number of hydrogen-bond donors (Lipinski definition) is 2. The summed E-state index contributed by atoms with van der Waals surface area (Å²) in [7, 11) is -3.66. The lowest BCUT2D eigenvalue weighted by Gasteiger charge is -2.30. The lowest BCUT2D eigenvalue weighted by molar-refractivity contribution is -0.00577. The smallest absolute Gasteiger partial charge is 0.211 e. The van der Waals surface area contributed by atoms with Gasteiger partial charge < -0.3 is 9.84 Å². The zero-order chi connectivity index (χ0) is 19.7. The Hall–Kier alpha value is -2.24. The van der Waals surface area contributed by atoms with Gasteiger partial charge in [0.2, 0.25) is 10.0 Å². The highest BCUT2D eigenvalue weighted by Crippen LogP contribution is 2.39. The Labute approximate surface area is 159 Å². The highest BCUT2D eigenvalue weighted by Gasteiger charge is 2.45. The monoisotopic (exact) mass is 386 g/mol. The Balaban J connectivity index is 1.83. The van der Waals surface area contributed by atoms with E-state index in [-0.39, 0.29) is 25.6 Å². The predicted molar refractivity (Wildman–Crippen MR) is 102 cm³/mol. The first kappa shape index (κ1) is 19.5. The third kappa shape index (κ3) is 4.04. The molecule has 3 N–H and O–H groups in total. The molecule has 0 aliphatic carbocycles. The van der Waals surface area contributed by atoms with Crippen LogP contribution in [0.1, 0.15) is 24.5 Å². The maximum absolute atomic E-state index is 11.5. The van der Waals surface area contributed by atoms with E-state index < -0.39 is 20.9 Å². The zero-order valence-electron chi connectivity index (χ0n) is 15.0. The number of aliphatic hydroxyl groups is 1. The van der Waals surface area contributed by atoms with Gasteiger partial charge in [0.05, 0.1) is 30.1 Å². The Morgan fingerprint density at radius 1 is 1.22 bits per heavy atom. The van der Waals surface area contributed by atoms with Crippen molar-refractivity contribution in [2.45, 2.75) is 24.2 Å². The van der Waals surface area contributed by atoms with E-state index in [4.69, 9.17) is 15.1 Å². The van der Waals surface area contributed by atoms with Crippen LogP contribution in [0.25, 0.3) is 11.1 Å². The standard InChI is InChI=1S/C20H22N2O4S/c1-14(27(22,24)25)10-19-12-26-13-20(19,23)18-8-6-17(7-9-18)16-4-2-15(11-21)3-5-16/h2-9,14,19,23H,10,12-13H2,1H3,(H2,22,24,25). The first-order chi connectivity index (χ1) is 12.7. The first-order valence-corrected chi connectivity index (χ1v) is 10.3. The number of hydrogen-bond acceptors (Lipinski definition) is 5. The van der Waals surface area contributed by atoms with Crippen LogP contribution in [0.2, 0.25) is 0 Å². The van der Waals surface area contributed by atoms with Crippen LogP contribution in [0.4, 0.5) is 0 Å². The molecular formula is C20H22N2O4S. The van der Waals surface area contributed by atoms with E-state index in [1.165, 1.54) is 0 Å². The summed E-state index contributed by atoms with van der Waals surface area (Å²) in [5.41, 5.74) is 1.96. The van der Waals surface area contributed by atoms with Gasteiger partial charge in [0, 0.05) is 5.92 Å². The Morgan fingerprint density at radius 2 is 1.78 bits per heavy atom. The second-order valence-corrected chi connectivity index (χ2v) is 9.02. The van der Waals surface area contributed by atoms with Crippen LogP contribution >= 0.6 is 0 Å².